The molecule has 0 saturated carbocycles. The third-order valence-electron chi connectivity index (χ3n) is 1.87. The number of rotatable bonds is 3. The lowest BCUT2D eigenvalue weighted by molar-refractivity contribution is -0.119. The Morgan fingerprint density at radius 3 is 2.56 bits per heavy atom. The predicted molar refractivity (Wildman–Crippen MR) is 64.5 cm³/mol. The molecule has 0 unspecified atom stereocenters. The first-order valence-electron chi connectivity index (χ1n) is 4.94. The van der Waals surface area contributed by atoms with Crippen molar-refractivity contribution in [3.05, 3.63) is 35.6 Å². The molecule has 1 rings (SSSR count). The van der Waals surface area contributed by atoms with Gasteiger partial charge in [0.25, 0.3) is 0 Å². The van der Waals surface area contributed by atoms with Gasteiger partial charge in [0.2, 0.25) is 5.91 Å². The van der Waals surface area contributed by atoms with Crippen molar-refractivity contribution in [1.82, 2.24) is 10.6 Å². The van der Waals surface area contributed by atoms with Crippen LogP contribution in [0.1, 0.15) is 12.5 Å². The van der Waals surface area contributed by atoms with E-state index in [4.69, 9.17) is 12.2 Å². The molecule has 0 atom stereocenters. The fraction of sp³-hybridized carbons (Fsp3) is 0.273. The van der Waals surface area contributed by atoms with Crippen LogP contribution in [0.4, 0.5) is 4.39 Å². The van der Waals surface area contributed by atoms with Crippen LogP contribution in [0.5, 0.6) is 0 Å². The molecular formula is C11H13FN2OS. The summed E-state index contributed by atoms with van der Waals surface area (Å²) in [5, 5.41) is 5.66. The Labute approximate surface area is 99.0 Å². The summed E-state index contributed by atoms with van der Waals surface area (Å²) in [6.45, 7) is 2.55. The molecule has 0 saturated heterocycles. The summed E-state index contributed by atoms with van der Waals surface area (Å²) in [6, 6.07) is 5.80. The Morgan fingerprint density at radius 1 is 1.38 bits per heavy atom. The van der Waals surface area contributed by atoms with Crippen molar-refractivity contribution < 1.29 is 9.18 Å². The zero-order chi connectivity index (χ0) is 12.0. The first kappa shape index (κ1) is 12.6. The average molecular weight is 240 g/mol. The second-order valence-electron chi connectivity index (χ2n) is 3.21. The molecule has 1 amide bonds. The fourth-order valence-corrected chi connectivity index (χ4v) is 1.42. The average Bonchev–Trinajstić information content (AvgIpc) is 2.21. The predicted octanol–water partition coefficient (Wildman–Crippen LogP) is 1.38. The molecular weight excluding hydrogens is 227 g/mol. The summed E-state index contributed by atoms with van der Waals surface area (Å²) in [5.74, 6) is -0.523. The van der Waals surface area contributed by atoms with Gasteiger partial charge in [-0.15, -0.1) is 0 Å². The molecule has 86 valence electrons. The van der Waals surface area contributed by atoms with Crippen LogP contribution in [0.15, 0.2) is 24.3 Å². The minimum atomic E-state index is -0.313. The molecule has 1 aromatic carbocycles. The van der Waals surface area contributed by atoms with E-state index in [2.05, 4.69) is 10.6 Å². The first-order chi connectivity index (χ1) is 7.61. The van der Waals surface area contributed by atoms with E-state index in [-0.39, 0.29) is 18.1 Å². The van der Waals surface area contributed by atoms with Crippen LogP contribution >= 0.6 is 12.2 Å². The molecule has 0 bridgehead atoms. The number of thiocarbonyl (C=S) groups is 1. The lowest BCUT2D eigenvalue weighted by Crippen LogP contribution is -2.39. The number of hydrogen-bond acceptors (Lipinski definition) is 2. The van der Waals surface area contributed by atoms with E-state index >= 15 is 0 Å². The number of benzene rings is 1. The normalized spacial score (nSPS) is 9.62. The highest BCUT2D eigenvalue weighted by Crippen LogP contribution is 2.03. The molecule has 0 spiro atoms. The van der Waals surface area contributed by atoms with Gasteiger partial charge in [0.05, 0.1) is 6.42 Å². The van der Waals surface area contributed by atoms with Crippen LogP contribution in [0.3, 0.4) is 0 Å². The highest BCUT2D eigenvalue weighted by Gasteiger charge is 2.05. The second-order valence-corrected chi connectivity index (χ2v) is 3.62. The van der Waals surface area contributed by atoms with Crippen molar-refractivity contribution >= 4 is 23.2 Å². The maximum Gasteiger partial charge on any atom is 0.230 e. The summed E-state index contributed by atoms with van der Waals surface area (Å²) in [7, 11) is 0. The van der Waals surface area contributed by atoms with Gasteiger partial charge in [0.1, 0.15) is 5.82 Å². The maximum absolute atomic E-state index is 12.6. The van der Waals surface area contributed by atoms with E-state index in [1.807, 2.05) is 6.92 Å². The standard InChI is InChI=1S/C11H13FN2OS/c1-2-13-11(16)14-10(15)7-8-3-5-9(12)6-4-8/h3-6H,2,7H2,1H3,(H2,13,14,15,16). The fourth-order valence-electron chi connectivity index (χ4n) is 1.16. The van der Waals surface area contributed by atoms with Gasteiger partial charge < -0.3 is 10.6 Å². The SMILES string of the molecule is CCNC(=S)NC(=O)Cc1ccc(F)cc1. The number of carbonyl (C=O) groups excluding carboxylic acids is 1. The Balaban J connectivity index is 2.45. The van der Waals surface area contributed by atoms with Crippen LogP contribution in [0, 0.1) is 5.82 Å². The van der Waals surface area contributed by atoms with Gasteiger partial charge in [0, 0.05) is 6.54 Å². The van der Waals surface area contributed by atoms with E-state index in [0.717, 1.165) is 5.56 Å². The third-order valence-corrected chi connectivity index (χ3v) is 2.11. The quantitative estimate of drug-likeness (QED) is 0.784. The molecule has 2 N–H and O–H groups in total. The topological polar surface area (TPSA) is 41.1 Å². The second kappa shape index (κ2) is 6.17. The summed E-state index contributed by atoms with van der Waals surface area (Å²) in [4.78, 5) is 11.5. The number of halogens is 1. The van der Waals surface area contributed by atoms with Crippen molar-refractivity contribution in [3.63, 3.8) is 0 Å². The van der Waals surface area contributed by atoms with E-state index in [1.165, 1.54) is 12.1 Å². The van der Waals surface area contributed by atoms with Gasteiger partial charge in [-0.3, -0.25) is 4.79 Å². The van der Waals surface area contributed by atoms with Gasteiger partial charge in [-0.25, -0.2) is 4.39 Å². The Morgan fingerprint density at radius 2 is 2.00 bits per heavy atom. The van der Waals surface area contributed by atoms with Crippen LogP contribution < -0.4 is 10.6 Å². The summed E-state index contributed by atoms with van der Waals surface area (Å²) >= 11 is 4.86. The largest absolute Gasteiger partial charge is 0.363 e. The molecule has 0 heterocycles. The number of hydrogen-bond donors (Lipinski definition) is 2. The Bertz CT molecular complexity index is 378. The highest BCUT2D eigenvalue weighted by molar-refractivity contribution is 7.80. The Hall–Kier alpha value is -1.49. The van der Waals surface area contributed by atoms with Crippen molar-refractivity contribution in [2.24, 2.45) is 0 Å². The van der Waals surface area contributed by atoms with E-state index in [1.54, 1.807) is 12.1 Å². The number of carbonyl (C=O) groups is 1. The van der Waals surface area contributed by atoms with Gasteiger partial charge in [-0.2, -0.15) is 0 Å². The molecule has 0 aliphatic carbocycles. The van der Waals surface area contributed by atoms with Crippen LogP contribution in [-0.4, -0.2) is 17.6 Å². The van der Waals surface area contributed by atoms with Crippen molar-refractivity contribution in [3.8, 4) is 0 Å². The molecule has 0 aliphatic rings. The Kier molecular flexibility index (Phi) is 4.85. The molecule has 3 nitrogen and oxygen atoms in total. The minimum absolute atomic E-state index is 0.186. The zero-order valence-electron chi connectivity index (χ0n) is 8.92. The van der Waals surface area contributed by atoms with Crippen LogP contribution in [0.25, 0.3) is 0 Å². The number of nitrogens with one attached hydrogen (secondary N) is 2. The first-order valence-corrected chi connectivity index (χ1v) is 5.34. The molecule has 5 heteroatoms. The number of amides is 1. The summed E-state index contributed by atoms with van der Waals surface area (Å²) in [6.07, 6.45) is 0.186. The van der Waals surface area contributed by atoms with Crippen LogP contribution in [0.2, 0.25) is 0 Å². The van der Waals surface area contributed by atoms with Gasteiger partial charge in [0.15, 0.2) is 5.11 Å². The van der Waals surface area contributed by atoms with Crippen molar-refractivity contribution in [2.75, 3.05) is 6.54 Å². The molecule has 16 heavy (non-hydrogen) atoms. The molecule has 0 fully saturated rings. The zero-order valence-corrected chi connectivity index (χ0v) is 9.73. The van der Waals surface area contributed by atoms with Gasteiger partial charge >= 0.3 is 0 Å². The molecule has 1 aromatic rings. The minimum Gasteiger partial charge on any atom is -0.363 e. The van der Waals surface area contributed by atoms with Crippen molar-refractivity contribution in [1.29, 1.82) is 0 Å². The lowest BCUT2D eigenvalue weighted by atomic mass is 10.1. The van der Waals surface area contributed by atoms with Gasteiger partial charge in [-0.05, 0) is 36.8 Å². The molecule has 0 radical (unpaired) electrons. The van der Waals surface area contributed by atoms with Gasteiger partial charge in [-0.1, -0.05) is 12.1 Å². The maximum atomic E-state index is 12.6. The smallest absolute Gasteiger partial charge is 0.230 e. The van der Waals surface area contributed by atoms with Crippen LogP contribution in [-0.2, 0) is 11.2 Å². The van der Waals surface area contributed by atoms with E-state index in [0.29, 0.717) is 11.7 Å². The summed E-state index contributed by atoms with van der Waals surface area (Å²) in [5.41, 5.74) is 0.748. The van der Waals surface area contributed by atoms with Crippen molar-refractivity contribution in [2.45, 2.75) is 13.3 Å². The third kappa shape index (κ3) is 4.35. The van der Waals surface area contributed by atoms with E-state index in [9.17, 15) is 9.18 Å². The van der Waals surface area contributed by atoms with E-state index < -0.39 is 0 Å². The molecule has 0 aliphatic heterocycles. The molecule has 0 aromatic heterocycles. The monoisotopic (exact) mass is 240 g/mol. The summed E-state index contributed by atoms with van der Waals surface area (Å²) < 4.78 is 12.6. The highest BCUT2D eigenvalue weighted by atomic mass is 32.1. The lowest BCUT2D eigenvalue weighted by Gasteiger charge is -2.07.